The van der Waals surface area contributed by atoms with E-state index >= 15 is 0 Å². The van der Waals surface area contributed by atoms with Crippen LogP contribution in [0.25, 0.3) is 0 Å². The number of methoxy groups -OCH3 is 2. The molecule has 0 saturated heterocycles. The summed E-state index contributed by atoms with van der Waals surface area (Å²) in [6, 6.07) is 35.1. The molecule has 37 heavy (non-hydrogen) atoms. The van der Waals surface area contributed by atoms with Crippen LogP contribution < -0.4 is 19.3 Å². The topological polar surface area (TPSA) is 24.9 Å². The number of rotatable bonds is 10. The molecule has 0 unspecified atom stereocenters. The monoisotopic (exact) mass is 488 g/mol. The van der Waals surface area contributed by atoms with Gasteiger partial charge in [-0.25, -0.2) is 0 Å². The van der Waals surface area contributed by atoms with Crippen molar-refractivity contribution in [2.45, 2.75) is 6.92 Å². The number of hydrogen-bond donors (Lipinski definition) is 0. The van der Waals surface area contributed by atoms with Gasteiger partial charge in [-0.05, 0) is 73.7 Å². The van der Waals surface area contributed by atoms with Gasteiger partial charge in [-0.2, -0.15) is 0 Å². The predicted molar refractivity (Wildman–Crippen MR) is 156 cm³/mol. The summed E-state index contributed by atoms with van der Waals surface area (Å²) in [5.74, 6) is 1.62. The van der Waals surface area contributed by atoms with Crippen LogP contribution in [0.4, 0.5) is 28.4 Å². The Labute approximate surface area is 220 Å². The molecule has 0 amide bonds. The molecule has 0 saturated carbocycles. The Morgan fingerprint density at radius 3 is 1.78 bits per heavy atom. The van der Waals surface area contributed by atoms with Crippen molar-refractivity contribution in [3.05, 3.63) is 140 Å². The third-order valence-corrected chi connectivity index (χ3v) is 5.94. The van der Waals surface area contributed by atoms with Gasteiger partial charge < -0.3 is 19.3 Å². The van der Waals surface area contributed by atoms with E-state index in [9.17, 15) is 0 Å². The van der Waals surface area contributed by atoms with E-state index in [0.29, 0.717) is 0 Å². The van der Waals surface area contributed by atoms with Crippen LogP contribution >= 0.6 is 0 Å². The van der Waals surface area contributed by atoms with Crippen molar-refractivity contribution < 1.29 is 9.47 Å². The smallest absolute Gasteiger partial charge is 0.120 e. The molecule has 186 valence electrons. The second kappa shape index (κ2) is 12.3. The molecule has 4 aromatic carbocycles. The van der Waals surface area contributed by atoms with Gasteiger partial charge in [-0.3, -0.25) is 0 Å². The maximum Gasteiger partial charge on any atom is 0.120 e. The maximum absolute atomic E-state index is 5.50. The molecule has 0 aliphatic carbocycles. The van der Waals surface area contributed by atoms with Crippen LogP contribution in [-0.4, -0.2) is 14.2 Å². The lowest BCUT2D eigenvalue weighted by Gasteiger charge is -2.29. The second-order valence-electron chi connectivity index (χ2n) is 8.35. The number of nitrogens with zero attached hydrogens (tertiary/aromatic N) is 2. The summed E-state index contributed by atoms with van der Waals surface area (Å²) in [7, 11) is 3.37. The highest BCUT2D eigenvalue weighted by atomic mass is 16.5. The molecule has 4 heteroatoms. The van der Waals surface area contributed by atoms with Gasteiger partial charge in [-0.15, -0.1) is 0 Å². The van der Waals surface area contributed by atoms with Gasteiger partial charge in [0.25, 0.3) is 0 Å². The van der Waals surface area contributed by atoms with E-state index in [1.54, 1.807) is 20.3 Å². The molecule has 0 N–H and O–H groups in total. The molecule has 0 aliphatic rings. The van der Waals surface area contributed by atoms with Crippen molar-refractivity contribution in [1.82, 2.24) is 0 Å². The molecule has 4 aromatic rings. The summed E-state index contributed by atoms with van der Waals surface area (Å²) in [5, 5.41) is 0. The molecule has 4 rings (SSSR count). The Bertz CT molecular complexity index is 1380. The molecule has 0 aliphatic heterocycles. The van der Waals surface area contributed by atoms with Crippen LogP contribution in [0.3, 0.4) is 0 Å². The Morgan fingerprint density at radius 2 is 1.16 bits per heavy atom. The minimum Gasteiger partial charge on any atom is -0.497 e. The van der Waals surface area contributed by atoms with E-state index in [4.69, 9.17) is 9.47 Å². The van der Waals surface area contributed by atoms with Crippen LogP contribution in [0.5, 0.6) is 11.5 Å². The predicted octanol–water partition coefficient (Wildman–Crippen LogP) is 8.96. The summed E-state index contributed by atoms with van der Waals surface area (Å²) < 4.78 is 11.0. The van der Waals surface area contributed by atoms with E-state index in [1.165, 1.54) is 0 Å². The fraction of sp³-hybridized carbons (Fsp3) is 0.0909. The molecule has 0 fully saturated rings. The summed E-state index contributed by atoms with van der Waals surface area (Å²) in [5.41, 5.74) is 6.25. The fourth-order valence-electron chi connectivity index (χ4n) is 4.18. The van der Waals surface area contributed by atoms with Crippen molar-refractivity contribution >= 4 is 28.4 Å². The van der Waals surface area contributed by atoms with Crippen molar-refractivity contribution in [2.75, 3.05) is 24.0 Å². The Hall–Kier alpha value is -4.70. The van der Waals surface area contributed by atoms with Crippen LogP contribution in [0.2, 0.25) is 0 Å². The lowest BCUT2D eigenvalue weighted by atomic mass is 10.1. The summed E-state index contributed by atoms with van der Waals surface area (Å²) in [6.45, 7) is 5.86. The van der Waals surface area contributed by atoms with E-state index in [0.717, 1.165) is 45.6 Å². The molecule has 0 heterocycles. The lowest BCUT2D eigenvalue weighted by Crippen LogP contribution is -2.15. The summed E-state index contributed by atoms with van der Waals surface area (Å²) in [4.78, 5) is 4.43. The molecule has 0 atom stereocenters. The largest absolute Gasteiger partial charge is 0.497 e. The second-order valence-corrected chi connectivity index (χ2v) is 8.35. The van der Waals surface area contributed by atoms with Crippen molar-refractivity contribution in [3.63, 3.8) is 0 Å². The molecular weight excluding hydrogens is 456 g/mol. The van der Waals surface area contributed by atoms with Crippen LogP contribution in [0.1, 0.15) is 6.92 Å². The minimum atomic E-state index is 0.807. The Kier molecular flexibility index (Phi) is 8.45. The zero-order valence-corrected chi connectivity index (χ0v) is 21.5. The van der Waals surface area contributed by atoms with Gasteiger partial charge in [0, 0.05) is 46.3 Å². The van der Waals surface area contributed by atoms with Crippen molar-refractivity contribution in [2.24, 2.45) is 0 Å². The van der Waals surface area contributed by atoms with Gasteiger partial charge >= 0.3 is 0 Å². The number of anilines is 5. The SMILES string of the molecule is C=C/C=C\C=C(/C)N(c1ccc(N(c2ccccc2)c2cccc(OC)c2)cc1)c1cccc(OC)c1. The van der Waals surface area contributed by atoms with Gasteiger partial charge in [0.2, 0.25) is 0 Å². The highest BCUT2D eigenvalue weighted by Crippen LogP contribution is 2.38. The standard InChI is InChI=1S/C33H32N2O2/c1-5-6-8-13-26(2)34(30-16-11-18-32(24-30)36-3)28-20-22-29(23-21-28)35(27-14-9-7-10-15-27)31-17-12-19-33(25-31)37-4/h5-25H,1H2,2-4H3/b8-6-,26-13+. The van der Waals surface area contributed by atoms with Crippen LogP contribution in [0.15, 0.2) is 140 Å². The Balaban J connectivity index is 1.78. The number of allylic oxidation sites excluding steroid dienone is 5. The first-order valence-corrected chi connectivity index (χ1v) is 12.1. The van der Waals surface area contributed by atoms with E-state index < -0.39 is 0 Å². The van der Waals surface area contributed by atoms with Crippen LogP contribution in [0, 0.1) is 0 Å². The third-order valence-electron chi connectivity index (χ3n) is 5.94. The van der Waals surface area contributed by atoms with E-state index in [1.807, 2.05) is 66.7 Å². The molecule has 0 spiro atoms. The minimum absolute atomic E-state index is 0.807. The van der Waals surface area contributed by atoms with E-state index in [-0.39, 0.29) is 0 Å². The fourth-order valence-corrected chi connectivity index (χ4v) is 4.18. The highest BCUT2D eigenvalue weighted by molar-refractivity contribution is 5.79. The summed E-state index contributed by atoms with van der Waals surface area (Å²) >= 11 is 0. The Morgan fingerprint density at radius 1 is 0.622 bits per heavy atom. The van der Waals surface area contributed by atoms with Crippen molar-refractivity contribution in [1.29, 1.82) is 0 Å². The first kappa shape index (κ1) is 25.4. The highest BCUT2D eigenvalue weighted by Gasteiger charge is 2.16. The molecule has 4 nitrogen and oxygen atoms in total. The number of para-hydroxylation sites is 1. The first-order chi connectivity index (χ1) is 18.1. The van der Waals surface area contributed by atoms with Gasteiger partial charge in [0.15, 0.2) is 0 Å². The number of benzene rings is 4. The number of ether oxygens (including phenoxy) is 2. The average Bonchev–Trinajstić information content (AvgIpc) is 2.95. The van der Waals surface area contributed by atoms with Gasteiger partial charge in [0.05, 0.1) is 14.2 Å². The number of hydrogen-bond acceptors (Lipinski definition) is 4. The maximum atomic E-state index is 5.50. The first-order valence-electron chi connectivity index (χ1n) is 12.1. The lowest BCUT2D eigenvalue weighted by molar-refractivity contribution is 0.415. The molecule has 0 bridgehead atoms. The van der Waals surface area contributed by atoms with Crippen LogP contribution in [-0.2, 0) is 0 Å². The molecule has 0 aromatic heterocycles. The quantitative estimate of drug-likeness (QED) is 0.208. The average molecular weight is 489 g/mol. The molecular formula is C33H32N2O2. The zero-order valence-electron chi connectivity index (χ0n) is 21.5. The van der Waals surface area contributed by atoms with E-state index in [2.05, 4.69) is 77.9 Å². The van der Waals surface area contributed by atoms with Gasteiger partial charge in [0.1, 0.15) is 11.5 Å². The van der Waals surface area contributed by atoms with Gasteiger partial charge in [-0.1, -0.05) is 55.1 Å². The third kappa shape index (κ3) is 6.11. The zero-order chi connectivity index (χ0) is 26.0. The normalized spacial score (nSPS) is 11.3. The molecule has 0 radical (unpaired) electrons. The van der Waals surface area contributed by atoms with Crippen molar-refractivity contribution in [3.8, 4) is 11.5 Å². The summed E-state index contributed by atoms with van der Waals surface area (Å²) in [6.07, 6.45) is 7.75.